The van der Waals surface area contributed by atoms with E-state index >= 15 is 0 Å². The second kappa shape index (κ2) is 7.49. The van der Waals surface area contributed by atoms with Gasteiger partial charge in [-0.05, 0) is 30.4 Å². The lowest BCUT2D eigenvalue weighted by Gasteiger charge is -2.31. The summed E-state index contributed by atoms with van der Waals surface area (Å²) in [5.41, 5.74) is -0.599. The molecule has 0 amide bonds. The third kappa shape index (κ3) is 4.54. The molecule has 0 fully saturated rings. The number of thiocarbonyl (C=S) groups is 1. The van der Waals surface area contributed by atoms with Crippen LogP contribution in [0.25, 0.3) is 0 Å². The van der Waals surface area contributed by atoms with Crippen LogP contribution in [0.4, 0.5) is 0 Å². The Kier molecular flexibility index (Phi) is 6.64. The number of benzene rings is 1. The molecule has 1 aromatic rings. The summed E-state index contributed by atoms with van der Waals surface area (Å²) in [6.07, 6.45) is 1.06. The van der Waals surface area contributed by atoms with Crippen molar-refractivity contribution in [3.8, 4) is 5.75 Å². The van der Waals surface area contributed by atoms with Crippen LogP contribution in [-0.4, -0.2) is 22.5 Å². The molecule has 0 bridgehead atoms. The number of rotatable bonds is 7. The first-order chi connectivity index (χ1) is 8.51. The Morgan fingerprint density at radius 3 is 2.56 bits per heavy atom. The summed E-state index contributed by atoms with van der Waals surface area (Å²) in [5.74, 6) is 0.806. The van der Waals surface area contributed by atoms with Gasteiger partial charge in [0, 0.05) is 12.3 Å². The molecule has 0 heterocycles. The summed E-state index contributed by atoms with van der Waals surface area (Å²) in [7, 11) is 1.89. The van der Waals surface area contributed by atoms with Crippen molar-refractivity contribution in [2.24, 2.45) is 0 Å². The zero-order valence-electron chi connectivity index (χ0n) is 10.8. The fraction of sp³-hybridized carbons (Fsp3) is 0.417. The van der Waals surface area contributed by atoms with Gasteiger partial charge >= 0.3 is 0 Å². The molecule has 100 valence electrons. The number of hydrogen-bond donors (Lipinski definition) is 0. The minimum atomic E-state index is -2.18. The van der Waals surface area contributed by atoms with Gasteiger partial charge in [0.25, 0.3) is 5.62 Å². The zero-order chi connectivity index (χ0) is 13.6. The summed E-state index contributed by atoms with van der Waals surface area (Å²) in [4.78, 5) is 0. The van der Waals surface area contributed by atoms with Crippen molar-refractivity contribution in [3.63, 3.8) is 0 Å². The molecule has 6 heteroatoms. The van der Waals surface area contributed by atoms with E-state index in [1.807, 2.05) is 42.0 Å². The highest BCUT2D eigenvalue weighted by Gasteiger charge is 2.26. The number of para-hydroxylation sites is 1. The highest BCUT2D eigenvalue weighted by atomic mass is 32.9. The first kappa shape index (κ1) is 16.0. The summed E-state index contributed by atoms with van der Waals surface area (Å²) < 4.78 is 7.91. The van der Waals surface area contributed by atoms with Crippen LogP contribution < -0.4 is 4.52 Å². The third-order valence-electron chi connectivity index (χ3n) is 2.39. The molecule has 2 atom stereocenters. The third-order valence-corrected chi connectivity index (χ3v) is 9.80. The lowest BCUT2D eigenvalue weighted by atomic mass is 10.3. The minimum Gasteiger partial charge on any atom is -0.441 e. The lowest BCUT2D eigenvalue weighted by molar-refractivity contribution is 0.585. The fourth-order valence-corrected chi connectivity index (χ4v) is 7.83. The van der Waals surface area contributed by atoms with Crippen LogP contribution in [0.2, 0.25) is 0 Å². The van der Waals surface area contributed by atoms with Gasteiger partial charge in [0.15, 0.2) is 0 Å². The fourth-order valence-electron chi connectivity index (χ4n) is 1.13. The van der Waals surface area contributed by atoms with Crippen LogP contribution in [0.15, 0.2) is 30.3 Å². The first-order valence-corrected chi connectivity index (χ1v) is 10.4. The molecule has 2 unspecified atom stereocenters. The molecule has 0 aliphatic heterocycles. The van der Waals surface area contributed by atoms with E-state index in [4.69, 9.17) is 28.5 Å². The van der Waals surface area contributed by atoms with Crippen molar-refractivity contribution >= 4 is 46.5 Å². The maximum absolute atomic E-state index is 6.04. The van der Waals surface area contributed by atoms with E-state index in [0.717, 1.165) is 12.2 Å². The van der Waals surface area contributed by atoms with Gasteiger partial charge in [0.2, 0.25) is 0 Å². The van der Waals surface area contributed by atoms with Crippen LogP contribution >= 0.6 is 29.2 Å². The first-order valence-electron chi connectivity index (χ1n) is 5.73. The smallest absolute Gasteiger partial charge is 0.262 e. The van der Waals surface area contributed by atoms with E-state index in [1.165, 1.54) is 0 Å². The molecule has 0 spiro atoms. The van der Waals surface area contributed by atoms with E-state index in [0.29, 0.717) is 5.25 Å². The molecule has 0 N–H and O–H groups in total. The van der Waals surface area contributed by atoms with Crippen LogP contribution in [0.5, 0.6) is 5.75 Å². The van der Waals surface area contributed by atoms with Crippen molar-refractivity contribution < 1.29 is 4.52 Å². The summed E-state index contributed by atoms with van der Waals surface area (Å²) >= 11 is 12.4. The average Bonchev–Trinajstić information content (AvgIpc) is 2.38. The average molecular weight is 319 g/mol. The Balaban J connectivity index is 2.91. The molecule has 0 radical (unpaired) electrons. The molecule has 2 nitrogen and oxygen atoms in total. The molecule has 0 aromatic heterocycles. The maximum Gasteiger partial charge on any atom is 0.262 e. The molecular formula is C12H18NOPS3. The molecule has 0 aliphatic carbocycles. The summed E-state index contributed by atoms with van der Waals surface area (Å²) in [6.45, 7) is 4.31. The number of hydrogen-bond acceptors (Lipinski definition) is 4. The van der Waals surface area contributed by atoms with E-state index in [1.54, 1.807) is 16.9 Å². The van der Waals surface area contributed by atoms with Crippen molar-refractivity contribution in [1.82, 2.24) is 4.67 Å². The van der Waals surface area contributed by atoms with Crippen LogP contribution in [0.3, 0.4) is 0 Å². The van der Waals surface area contributed by atoms with E-state index in [2.05, 4.69) is 13.8 Å². The molecule has 1 rings (SSSR count). The molecule has 0 saturated carbocycles. The van der Waals surface area contributed by atoms with E-state index in [-0.39, 0.29) is 0 Å². The predicted octanol–water partition coefficient (Wildman–Crippen LogP) is 4.71. The lowest BCUT2D eigenvalue weighted by Crippen LogP contribution is -2.14. The van der Waals surface area contributed by atoms with Gasteiger partial charge in [-0.25, -0.2) is 0 Å². The highest BCUT2D eigenvalue weighted by Crippen LogP contribution is 2.63. The molecule has 0 saturated heterocycles. The van der Waals surface area contributed by atoms with Gasteiger partial charge in [0.1, 0.15) is 5.75 Å². The minimum absolute atomic E-state index is 0.456. The van der Waals surface area contributed by atoms with Crippen molar-refractivity contribution in [1.29, 1.82) is 0 Å². The van der Waals surface area contributed by atoms with Gasteiger partial charge in [-0.15, -0.1) is 0 Å². The second-order valence-corrected chi connectivity index (χ2v) is 11.1. The van der Waals surface area contributed by atoms with Gasteiger partial charge in [-0.1, -0.05) is 55.6 Å². The van der Waals surface area contributed by atoms with Gasteiger partial charge < -0.3 is 9.19 Å². The largest absolute Gasteiger partial charge is 0.441 e. The van der Waals surface area contributed by atoms with E-state index < -0.39 is 5.62 Å². The molecule has 18 heavy (non-hydrogen) atoms. The van der Waals surface area contributed by atoms with Crippen LogP contribution in [0.1, 0.15) is 20.3 Å². The maximum atomic E-state index is 6.04. The summed E-state index contributed by atoms with van der Waals surface area (Å²) in [5, 5.41) is 0.456. The quantitative estimate of drug-likeness (QED) is 0.531. The Bertz CT molecular complexity index is 427. The Morgan fingerprint density at radius 2 is 2.06 bits per heavy atom. The van der Waals surface area contributed by atoms with Gasteiger partial charge in [-0.3, -0.25) is 0 Å². The van der Waals surface area contributed by atoms with Crippen LogP contribution in [-0.2, 0) is 11.8 Å². The van der Waals surface area contributed by atoms with Gasteiger partial charge in [-0.2, -0.15) is 0 Å². The predicted molar refractivity (Wildman–Crippen MR) is 90.1 cm³/mol. The SMILES string of the molecule is CCC(C)SP(=S)(Oc1ccccc1)N(C)C=S. The topological polar surface area (TPSA) is 12.5 Å². The Morgan fingerprint density at radius 1 is 1.44 bits per heavy atom. The highest BCUT2D eigenvalue weighted by molar-refractivity contribution is 8.69. The van der Waals surface area contributed by atoms with Crippen molar-refractivity contribution in [2.45, 2.75) is 25.5 Å². The monoisotopic (exact) mass is 319 g/mol. The van der Waals surface area contributed by atoms with Crippen molar-refractivity contribution in [2.75, 3.05) is 7.05 Å². The normalized spacial score (nSPS) is 15.5. The van der Waals surface area contributed by atoms with Gasteiger partial charge in [0.05, 0.1) is 5.49 Å². The molecule has 1 aromatic carbocycles. The van der Waals surface area contributed by atoms with Crippen LogP contribution in [0, 0.1) is 0 Å². The second-order valence-electron chi connectivity index (χ2n) is 3.88. The van der Waals surface area contributed by atoms with Crippen molar-refractivity contribution in [3.05, 3.63) is 30.3 Å². The molecular weight excluding hydrogens is 301 g/mol. The zero-order valence-corrected chi connectivity index (χ0v) is 14.1. The Hall–Kier alpha value is -0.0900. The van der Waals surface area contributed by atoms with E-state index in [9.17, 15) is 0 Å². The summed E-state index contributed by atoms with van der Waals surface area (Å²) in [6, 6.07) is 9.70. The molecule has 0 aliphatic rings. The standard InChI is InChI=1S/C12H18NOPS3/c1-4-11(2)18-15(17,13(3)10-16)14-12-8-6-5-7-9-12/h5-11H,4H2,1-3H3. The Labute approximate surface area is 124 Å². The number of nitrogens with zero attached hydrogens (tertiary/aromatic N) is 1.